The Labute approximate surface area is 293 Å². The van der Waals surface area contributed by atoms with E-state index in [0.717, 1.165) is 50.2 Å². The van der Waals surface area contributed by atoms with Crippen LogP contribution >= 0.6 is 0 Å². The standard InChI is InChI=1S/C39H38F2N6O4/c1-24-18-29(10-11-30(24)20-42-38(50)51)36-34-19-31(21-47(34)44-23-43-36)26-4-2-25(3-5-26)14-16-46-17-15-33(39(40,41)22-46)28-8-6-27(7-9-28)32-12-13-35(48)45-37(32)49/h2-11,18-19,21,23,32-33,42H,12-17,20,22H2,1H3,(H,50,51)(H,45,48,49). The number of alkyl halides is 2. The van der Waals surface area contributed by atoms with E-state index in [2.05, 4.69) is 20.7 Å². The Morgan fingerprint density at radius 3 is 2.43 bits per heavy atom. The maximum absolute atomic E-state index is 15.5. The number of benzene rings is 3. The summed E-state index contributed by atoms with van der Waals surface area (Å²) in [5.41, 5.74) is 8.67. The van der Waals surface area contributed by atoms with Crippen molar-refractivity contribution in [3.8, 4) is 22.4 Å². The van der Waals surface area contributed by atoms with Gasteiger partial charge in [0.1, 0.15) is 6.33 Å². The third-order valence-electron chi connectivity index (χ3n) is 10.1. The molecule has 5 aromatic rings. The predicted molar refractivity (Wildman–Crippen MR) is 187 cm³/mol. The fourth-order valence-corrected chi connectivity index (χ4v) is 7.26. The van der Waals surface area contributed by atoms with Gasteiger partial charge in [0.05, 0.1) is 29.6 Å². The highest BCUT2D eigenvalue weighted by atomic mass is 19.3. The maximum atomic E-state index is 15.5. The highest BCUT2D eigenvalue weighted by molar-refractivity contribution is 6.00. The molecule has 2 aliphatic heterocycles. The Morgan fingerprint density at radius 2 is 1.73 bits per heavy atom. The number of hydrogen-bond acceptors (Lipinski definition) is 6. The fraction of sp³-hybridized carbons (Fsp3) is 0.308. The molecule has 0 spiro atoms. The fourth-order valence-electron chi connectivity index (χ4n) is 7.26. The number of imide groups is 1. The topological polar surface area (TPSA) is 129 Å². The predicted octanol–water partition coefficient (Wildman–Crippen LogP) is 6.33. The normalized spacial score (nSPS) is 19.2. The van der Waals surface area contributed by atoms with Gasteiger partial charge in [-0.05, 0) is 78.2 Å². The summed E-state index contributed by atoms with van der Waals surface area (Å²) < 4.78 is 32.7. The Kier molecular flexibility index (Phi) is 9.35. The molecule has 3 N–H and O–H groups in total. The van der Waals surface area contributed by atoms with Gasteiger partial charge >= 0.3 is 6.09 Å². The number of halogens is 2. The molecule has 3 aromatic carbocycles. The van der Waals surface area contributed by atoms with Crippen LogP contribution in [-0.4, -0.2) is 68.1 Å². The number of rotatable bonds is 9. The van der Waals surface area contributed by atoms with Crippen molar-refractivity contribution in [3.05, 3.63) is 113 Å². The molecule has 0 bridgehead atoms. The van der Waals surface area contributed by atoms with Crippen molar-refractivity contribution < 1.29 is 28.3 Å². The molecule has 0 aliphatic carbocycles. The van der Waals surface area contributed by atoms with Crippen molar-refractivity contribution in [2.24, 2.45) is 0 Å². The summed E-state index contributed by atoms with van der Waals surface area (Å²) in [7, 11) is 0. The highest BCUT2D eigenvalue weighted by Gasteiger charge is 2.45. The molecule has 2 unspecified atom stereocenters. The van der Waals surface area contributed by atoms with Gasteiger partial charge in [-0.2, -0.15) is 5.10 Å². The molecule has 2 fully saturated rings. The zero-order valence-corrected chi connectivity index (χ0v) is 28.1. The lowest BCUT2D eigenvalue weighted by atomic mass is 9.84. The van der Waals surface area contributed by atoms with Gasteiger partial charge in [0.2, 0.25) is 11.8 Å². The number of carbonyl (C=O) groups excluding carboxylic acids is 2. The Morgan fingerprint density at radius 1 is 0.980 bits per heavy atom. The number of aryl methyl sites for hydroxylation is 1. The first-order valence-electron chi connectivity index (χ1n) is 17.1. The van der Waals surface area contributed by atoms with E-state index in [4.69, 9.17) is 5.11 Å². The lowest BCUT2D eigenvalue weighted by Crippen LogP contribution is -2.48. The molecule has 3 amide bonds. The molecule has 0 radical (unpaired) electrons. The Balaban J connectivity index is 0.968. The second kappa shape index (κ2) is 14.0. The summed E-state index contributed by atoms with van der Waals surface area (Å²) in [6.45, 7) is 2.94. The van der Waals surface area contributed by atoms with Crippen LogP contribution < -0.4 is 10.6 Å². The zero-order chi connectivity index (χ0) is 35.7. The minimum absolute atomic E-state index is 0.225. The van der Waals surface area contributed by atoms with Crippen molar-refractivity contribution in [3.63, 3.8) is 0 Å². The summed E-state index contributed by atoms with van der Waals surface area (Å²) in [4.78, 5) is 41.0. The largest absolute Gasteiger partial charge is 0.465 e. The molecule has 10 nitrogen and oxygen atoms in total. The van der Waals surface area contributed by atoms with Gasteiger partial charge in [-0.1, -0.05) is 60.7 Å². The molecule has 2 atom stereocenters. The number of fused-ring (bicyclic) bond motifs is 1. The van der Waals surface area contributed by atoms with Crippen LogP contribution in [0.5, 0.6) is 0 Å². The molecular formula is C39H38F2N6O4. The first-order valence-corrected chi connectivity index (χ1v) is 17.1. The number of hydrogen-bond donors (Lipinski definition) is 3. The monoisotopic (exact) mass is 692 g/mol. The summed E-state index contributed by atoms with van der Waals surface area (Å²) in [5.74, 6) is -4.83. The molecule has 0 saturated carbocycles. The van der Waals surface area contributed by atoms with Crippen LogP contribution in [-0.2, 0) is 22.6 Å². The summed E-state index contributed by atoms with van der Waals surface area (Å²) >= 11 is 0. The van der Waals surface area contributed by atoms with E-state index in [-0.39, 0.29) is 31.3 Å². The molecule has 51 heavy (non-hydrogen) atoms. The summed E-state index contributed by atoms with van der Waals surface area (Å²) in [6, 6.07) is 22.9. The molecule has 2 saturated heterocycles. The maximum Gasteiger partial charge on any atom is 0.404 e. The van der Waals surface area contributed by atoms with Crippen LogP contribution in [0.2, 0.25) is 0 Å². The van der Waals surface area contributed by atoms with Crippen LogP contribution in [0.1, 0.15) is 58.9 Å². The third-order valence-corrected chi connectivity index (χ3v) is 10.1. The molecule has 4 heterocycles. The lowest BCUT2D eigenvalue weighted by Gasteiger charge is -2.38. The van der Waals surface area contributed by atoms with Gasteiger partial charge in [0, 0.05) is 36.8 Å². The van der Waals surface area contributed by atoms with Crippen LogP contribution in [0.4, 0.5) is 13.6 Å². The third kappa shape index (κ3) is 7.36. The van der Waals surface area contributed by atoms with E-state index in [1.165, 1.54) is 6.33 Å². The Bertz CT molecular complexity index is 2100. The van der Waals surface area contributed by atoms with E-state index in [1.807, 2.05) is 66.6 Å². The van der Waals surface area contributed by atoms with Crippen molar-refractivity contribution in [1.29, 1.82) is 0 Å². The number of likely N-dealkylation sites (tertiary alicyclic amines) is 1. The van der Waals surface area contributed by atoms with Gasteiger partial charge in [-0.3, -0.25) is 19.8 Å². The van der Waals surface area contributed by atoms with E-state index in [9.17, 15) is 14.4 Å². The van der Waals surface area contributed by atoms with Crippen molar-refractivity contribution in [2.45, 2.75) is 56.9 Å². The number of nitrogens with zero attached hydrogens (tertiary/aromatic N) is 4. The molecule has 7 rings (SSSR count). The number of nitrogens with one attached hydrogen (secondary N) is 2. The quantitative estimate of drug-likeness (QED) is 0.154. The summed E-state index contributed by atoms with van der Waals surface area (Å²) in [5, 5.41) is 18.1. The second-order valence-corrected chi connectivity index (χ2v) is 13.5. The number of carbonyl (C=O) groups is 3. The number of aromatic nitrogens is 3. The summed E-state index contributed by atoms with van der Waals surface area (Å²) in [6.07, 6.45) is 4.07. The van der Waals surface area contributed by atoms with E-state index >= 15 is 8.78 Å². The van der Waals surface area contributed by atoms with Crippen LogP contribution in [0, 0.1) is 6.92 Å². The van der Waals surface area contributed by atoms with Gasteiger partial charge in [-0.25, -0.2) is 23.1 Å². The lowest BCUT2D eigenvalue weighted by molar-refractivity contribution is -0.134. The van der Waals surface area contributed by atoms with Crippen LogP contribution in [0.25, 0.3) is 27.9 Å². The van der Waals surface area contributed by atoms with Crippen molar-refractivity contribution >= 4 is 23.4 Å². The van der Waals surface area contributed by atoms with E-state index in [0.29, 0.717) is 37.9 Å². The average molecular weight is 693 g/mol. The molecule has 12 heteroatoms. The molecule has 2 aromatic heterocycles. The highest BCUT2D eigenvalue weighted by Crippen LogP contribution is 2.41. The minimum Gasteiger partial charge on any atom is -0.465 e. The smallest absolute Gasteiger partial charge is 0.404 e. The van der Waals surface area contributed by atoms with Crippen molar-refractivity contribution in [1.82, 2.24) is 30.1 Å². The van der Waals surface area contributed by atoms with Gasteiger partial charge in [-0.15, -0.1) is 0 Å². The molecular weight excluding hydrogens is 654 g/mol. The minimum atomic E-state index is -2.89. The zero-order valence-electron chi connectivity index (χ0n) is 28.1. The van der Waals surface area contributed by atoms with E-state index < -0.39 is 23.9 Å². The van der Waals surface area contributed by atoms with Gasteiger partial charge in [0.15, 0.2) is 0 Å². The molecule has 2 aliphatic rings. The number of amides is 3. The van der Waals surface area contributed by atoms with Crippen LogP contribution in [0.15, 0.2) is 85.3 Å². The van der Waals surface area contributed by atoms with Crippen LogP contribution in [0.3, 0.4) is 0 Å². The first-order chi connectivity index (χ1) is 24.5. The SMILES string of the molecule is Cc1cc(-c2ncnn3cc(-c4ccc(CCN5CCC(c6ccc(C7CCC(=O)NC7=O)cc6)C(F)(F)C5)cc4)cc23)ccc1CNC(=O)O. The van der Waals surface area contributed by atoms with Crippen molar-refractivity contribution in [2.75, 3.05) is 19.6 Å². The Hall–Kier alpha value is -5.49. The first kappa shape index (κ1) is 34.0. The van der Waals surface area contributed by atoms with Gasteiger partial charge in [0.25, 0.3) is 5.92 Å². The van der Waals surface area contributed by atoms with E-state index in [1.54, 1.807) is 28.8 Å². The van der Waals surface area contributed by atoms with Gasteiger partial charge < -0.3 is 10.4 Å². The number of piperidine rings is 2. The average Bonchev–Trinajstić information content (AvgIpc) is 3.55. The second-order valence-electron chi connectivity index (χ2n) is 13.5. The molecule has 262 valence electrons. The number of carboxylic acid groups (broad SMARTS) is 1.